The van der Waals surface area contributed by atoms with Crippen LogP contribution in [-0.2, 0) is 11.1 Å². The molecule has 0 amide bonds. The van der Waals surface area contributed by atoms with Gasteiger partial charge in [0.15, 0.2) is 16.8 Å². The molecule has 1 aromatic rings. The average molecular weight is 241 g/mol. The summed E-state index contributed by atoms with van der Waals surface area (Å²) in [4.78, 5) is 9.80. The Morgan fingerprint density at radius 2 is 2.20 bits per heavy atom. The molecule has 78 valence electrons. The Morgan fingerprint density at radius 3 is 2.60 bits per heavy atom. The minimum absolute atomic E-state index is 0. The number of ether oxygens (including phenoxy) is 1. The number of hydrogen-bond acceptors (Lipinski definition) is 4. The van der Waals surface area contributed by atoms with Crippen LogP contribution in [0.5, 0.6) is 5.75 Å². The van der Waals surface area contributed by atoms with Gasteiger partial charge in [-0.1, -0.05) is 0 Å². The zero-order chi connectivity index (χ0) is 10.7. The number of methoxy groups -OCH3 is 1. The van der Waals surface area contributed by atoms with Crippen molar-refractivity contribution in [3.05, 3.63) is 28.3 Å². The van der Waals surface area contributed by atoms with Gasteiger partial charge in [-0.05, 0) is 12.1 Å². The number of benzene rings is 1. The number of nitro benzene ring substituents is 1. The van der Waals surface area contributed by atoms with E-state index < -0.39 is 16.0 Å². The summed E-state index contributed by atoms with van der Waals surface area (Å²) in [6, 6.07) is 3.58. The first-order valence-electron chi connectivity index (χ1n) is 3.49. The van der Waals surface area contributed by atoms with Gasteiger partial charge in [0.05, 0.1) is 16.9 Å². The van der Waals surface area contributed by atoms with Crippen LogP contribution in [0.3, 0.4) is 0 Å². The van der Waals surface area contributed by atoms with Crippen LogP contribution in [0.1, 0.15) is 1.43 Å². The summed E-state index contributed by atoms with van der Waals surface area (Å²) >= 11 is -2.23. The maximum Gasteiger partial charge on any atom is 1.00 e. The molecule has 6 nitrogen and oxygen atoms in total. The van der Waals surface area contributed by atoms with E-state index >= 15 is 0 Å². The molecule has 0 spiro atoms. The molecule has 1 aromatic carbocycles. The second-order valence-electron chi connectivity index (χ2n) is 2.34. The van der Waals surface area contributed by atoms with E-state index in [9.17, 15) is 14.3 Å². The molecule has 0 radical (unpaired) electrons. The van der Waals surface area contributed by atoms with Crippen LogP contribution >= 0.6 is 0 Å². The zero-order valence-electron chi connectivity index (χ0n) is 9.17. The minimum Gasteiger partial charge on any atom is -1.00 e. The van der Waals surface area contributed by atoms with E-state index in [2.05, 4.69) is 0 Å². The van der Waals surface area contributed by atoms with Crippen LogP contribution in [0.25, 0.3) is 0 Å². The van der Waals surface area contributed by atoms with Crippen LogP contribution < -0.4 is 34.3 Å². The summed E-state index contributed by atoms with van der Waals surface area (Å²) in [5, 5.41) is 10.5. The van der Waals surface area contributed by atoms with Crippen LogP contribution in [0.15, 0.2) is 23.1 Å². The standard InChI is InChI=1S/C7H7NO5S.Na.H/c1-13-7-3-2-5(14(11)12)4-6(7)8(9)10;;/h2-4H,1H3,(H,11,12);;/q;+1;-1. The van der Waals surface area contributed by atoms with E-state index in [1.54, 1.807) is 0 Å². The van der Waals surface area contributed by atoms with E-state index in [1.165, 1.54) is 19.2 Å². The van der Waals surface area contributed by atoms with E-state index in [0.29, 0.717) is 0 Å². The molecule has 1 unspecified atom stereocenters. The first-order valence-corrected chi connectivity index (χ1v) is 4.60. The molecular weight excluding hydrogens is 233 g/mol. The fourth-order valence-electron chi connectivity index (χ4n) is 0.921. The fraction of sp³-hybridized carbons (Fsp3) is 0.143. The molecule has 0 aliphatic carbocycles. The van der Waals surface area contributed by atoms with Gasteiger partial charge in [0.2, 0.25) is 0 Å². The van der Waals surface area contributed by atoms with Crippen molar-refractivity contribution in [2.45, 2.75) is 4.90 Å². The van der Waals surface area contributed by atoms with Gasteiger partial charge in [-0.15, -0.1) is 0 Å². The van der Waals surface area contributed by atoms with Crippen molar-refractivity contribution in [2.75, 3.05) is 7.11 Å². The van der Waals surface area contributed by atoms with E-state index in [4.69, 9.17) is 9.29 Å². The summed E-state index contributed by atoms with van der Waals surface area (Å²) in [6.45, 7) is 0. The normalized spacial score (nSPS) is 11.3. The number of nitro groups is 1. The topological polar surface area (TPSA) is 89.7 Å². The molecule has 1 atom stereocenters. The van der Waals surface area contributed by atoms with Crippen molar-refractivity contribution >= 4 is 16.8 Å². The Labute approximate surface area is 112 Å². The van der Waals surface area contributed by atoms with E-state index in [-0.39, 0.29) is 47.3 Å². The zero-order valence-corrected chi connectivity index (χ0v) is 11.0. The fourth-order valence-corrected chi connectivity index (χ4v) is 1.32. The third-order valence-corrected chi connectivity index (χ3v) is 2.21. The molecule has 0 saturated carbocycles. The molecular formula is C7H8NNaO5S. The Kier molecular flexibility index (Phi) is 5.99. The number of hydrogen-bond donors (Lipinski definition) is 1. The molecule has 0 fully saturated rings. The number of nitrogens with zero attached hydrogens (tertiary/aromatic N) is 1. The third-order valence-electron chi connectivity index (χ3n) is 1.55. The predicted octanol–water partition coefficient (Wildman–Crippen LogP) is -1.70. The first-order chi connectivity index (χ1) is 6.56. The van der Waals surface area contributed by atoms with E-state index in [0.717, 1.165) is 6.07 Å². The van der Waals surface area contributed by atoms with Gasteiger partial charge in [0, 0.05) is 6.07 Å². The van der Waals surface area contributed by atoms with Gasteiger partial charge in [0.1, 0.15) is 0 Å². The predicted molar refractivity (Wildman–Crippen MR) is 49.8 cm³/mol. The molecule has 1 rings (SSSR count). The second-order valence-corrected chi connectivity index (χ2v) is 3.31. The van der Waals surface area contributed by atoms with Crippen molar-refractivity contribution in [2.24, 2.45) is 0 Å². The largest absolute Gasteiger partial charge is 1.00 e. The molecule has 0 aromatic heterocycles. The Bertz CT molecular complexity index is 402. The van der Waals surface area contributed by atoms with Crippen molar-refractivity contribution in [3.8, 4) is 5.75 Å². The smallest absolute Gasteiger partial charge is 1.00 e. The summed E-state index contributed by atoms with van der Waals surface area (Å²) in [6.07, 6.45) is 0. The molecule has 1 N–H and O–H groups in total. The average Bonchev–Trinajstić information content (AvgIpc) is 2.16. The second kappa shape index (κ2) is 6.19. The first kappa shape index (κ1) is 14.5. The summed E-state index contributed by atoms with van der Waals surface area (Å²) in [5.41, 5.74) is -0.326. The maximum atomic E-state index is 10.6. The summed E-state index contributed by atoms with van der Waals surface area (Å²) in [5.74, 6) is 0.0594. The van der Waals surface area contributed by atoms with Crippen molar-refractivity contribution in [1.82, 2.24) is 0 Å². The molecule has 0 heterocycles. The van der Waals surface area contributed by atoms with Gasteiger partial charge < -0.3 is 10.7 Å². The van der Waals surface area contributed by atoms with Gasteiger partial charge in [0.25, 0.3) is 0 Å². The molecule has 0 aliphatic rings. The van der Waals surface area contributed by atoms with Crippen LogP contribution in [0.2, 0.25) is 0 Å². The van der Waals surface area contributed by atoms with Gasteiger partial charge in [-0.25, -0.2) is 4.21 Å². The Hall–Kier alpha value is -0.470. The molecule has 15 heavy (non-hydrogen) atoms. The third kappa shape index (κ3) is 3.54. The number of rotatable bonds is 3. The van der Waals surface area contributed by atoms with Crippen molar-refractivity contribution in [3.63, 3.8) is 0 Å². The summed E-state index contributed by atoms with van der Waals surface area (Å²) < 4.78 is 24.0. The maximum absolute atomic E-state index is 10.6. The van der Waals surface area contributed by atoms with E-state index in [1.807, 2.05) is 0 Å². The Balaban J connectivity index is 0. The van der Waals surface area contributed by atoms with Crippen molar-refractivity contribution < 1.29 is 49.4 Å². The quantitative estimate of drug-likeness (QED) is 0.295. The molecule has 0 saturated heterocycles. The van der Waals surface area contributed by atoms with Gasteiger partial charge in [-0.2, -0.15) is 0 Å². The van der Waals surface area contributed by atoms with Gasteiger partial charge in [-0.3, -0.25) is 10.1 Å². The summed E-state index contributed by atoms with van der Waals surface area (Å²) in [7, 11) is 1.29. The SMILES string of the molecule is COc1ccc(S(=O)O)cc1[N+](=O)[O-].[H-].[Na+]. The van der Waals surface area contributed by atoms with Gasteiger partial charge >= 0.3 is 35.2 Å². The molecule has 0 bridgehead atoms. The monoisotopic (exact) mass is 241 g/mol. The molecule has 0 aliphatic heterocycles. The van der Waals surface area contributed by atoms with Crippen molar-refractivity contribution in [1.29, 1.82) is 0 Å². The van der Waals surface area contributed by atoms with Crippen LogP contribution in [0, 0.1) is 10.1 Å². The molecule has 8 heteroatoms. The minimum atomic E-state index is -2.23. The Morgan fingerprint density at radius 1 is 1.60 bits per heavy atom. The van der Waals surface area contributed by atoms with Crippen LogP contribution in [-0.4, -0.2) is 20.8 Å². The van der Waals surface area contributed by atoms with Crippen LogP contribution in [0.4, 0.5) is 5.69 Å².